The van der Waals surface area contributed by atoms with Crippen molar-refractivity contribution in [3.63, 3.8) is 0 Å². The second-order valence-corrected chi connectivity index (χ2v) is 5.39. The maximum Gasteiger partial charge on any atom is 0.183 e. The lowest BCUT2D eigenvalue weighted by Crippen LogP contribution is -2.50. The molecule has 0 atom stereocenters. The smallest absolute Gasteiger partial charge is 0.183 e. The summed E-state index contributed by atoms with van der Waals surface area (Å²) in [6, 6.07) is 0. The van der Waals surface area contributed by atoms with Crippen LogP contribution in [0.1, 0.15) is 33.5 Å². The van der Waals surface area contributed by atoms with Gasteiger partial charge in [0.1, 0.15) is 17.7 Å². The molecule has 0 unspecified atom stereocenters. The van der Waals surface area contributed by atoms with Gasteiger partial charge in [0.25, 0.3) is 0 Å². The maximum absolute atomic E-state index is 6.18. The third-order valence-electron chi connectivity index (χ3n) is 3.52. The van der Waals surface area contributed by atoms with Crippen LogP contribution in [0.5, 0.6) is 0 Å². The monoisotopic (exact) mass is 234 g/mol. The van der Waals surface area contributed by atoms with Crippen molar-refractivity contribution >= 4 is 17.0 Å². The fourth-order valence-electron chi connectivity index (χ4n) is 1.45. The summed E-state index contributed by atoms with van der Waals surface area (Å²) >= 11 is 0. The molecule has 6 nitrogen and oxygen atoms in total. The fraction of sp³-hybridized carbons (Fsp3) is 0.545. The van der Waals surface area contributed by atoms with Crippen molar-refractivity contribution in [2.75, 3.05) is 5.73 Å². The van der Waals surface area contributed by atoms with Crippen molar-refractivity contribution in [3.05, 3.63) is 12.2 Å². The number of nitrogen functional groups attached to an aromatic ring is 1. The van der Waals surface area contributed by atoms with Crippen LogP contribution in [0.3, 0.4) is 0 Å². The third-order valence-corrected chi connectivity index (χ3v) is 3.52. The number of nitrogens with zero attached hydrogens (tertiary/aromatic N) is 3. The molecule has 92 valence electrons. The van der Waals surface area contributed by atoms with Crippen LogP contribution in [0.4, 0.5) is 5.82 Å². The Balaban J connectivity index is 2.62. The molecule has 0 aromatic carbocycles. The minimum atomic E-state index is -0.414. The van der Waals surface area contributed by atoms with Gasteiger partial charge in [-0.3, -0.25) is 0 Å². The molecule has 0 amide bonds. The molecule has 17 heavy (non-hydrogen) atoms. The van der Waals surface area contributed by atoms with Crippen LogP contribution in [0.15, 0.2) is 6.33 Å². The van der Waals surface area contributed by atoms with E-state index < -0.39 is 5.54 Å². The Morgan fingerprint density at radius 3 is 2.35 bits per heavy atom. The highest BCUT2D eigenvalue weighted by atomic mass is 15.1. The normalized spacial score (nSPS) is 13.2. The van der Waals surface area contributed by atoms with Gasteiger partial charge >= 0.3 is 0 Å². The highest BCUT2D eigenvalue weighted by Crippen LogP contribution is 2.32. The lowest BCUT2D eigenvalue weighted by atomic mass is 9.74. The minimum Gasteiger partial charge on any atom is -0.382 e. The van der Waals surface area contributed by atoms with Gasteiger partial charge in [-0.05, 0) is 13.8 Å². The lowest BCUT2D eigenvalue weighted by molar-refractivity contribution is 0.293. The molecular formula is C11H18N6. The Bertz CT molecular complexity index is 549. The summed E-state index contributed by atoms with van der Waals surface area (Å²) < 4.78 is 0. The molecule has 2 heterocycles. The number of aromatic nitrogens is 4. The summed E-state index contributed by atoms with van der Waals surface area (Å²) in [4.78, 5) is 15.6. The van der Waals surface area contributed by atoms with Gasteiger partial charge in [-0.25, -0.2) is 15.0 Å². The summed E-state index contributed by atoms with van der Waals surface area (Å²) in [5.74, 6) is 1.17. The van der Waals surface area contributed by atoms with Gasteiger partial charge in [-0.1, -0.05) is 13.8 Å². The Kier molecular flexibility index (Phi) is 2.36. The van der Waals surface area contributed by atoms with Crippen LogP contribution in [-0.2, 0) is 5.41 Å². The molecule has 0 aliphatic carbocycles. The average molecular weight is 234 g/mol. The molecule has 0 bridgehead atoms. The first kappa shape index (κ1) is 11.8. The predicted molar refractivity (Wildman–Crippen MR) is 67.4 cm³/mol. The first-order chi connectivity index (χ1) is 7.73. The van der Waals surface area contributed by atoms with Gasteiger partial charge in [-0.15, -0.1) is 0 Å². The largest absolute Gasteiger partial charge is 0.382 e. The van der Waals surface area contributed by atoms with Crippen molar-refractivity contribution in [1.82, 2.24) is 19.9 Å². The SMILES string of the molecule is CC(C)(N)C(C)(C)c1nc2ncnc(N)c2[nH]1. The van der Waals surface area contributed by atoms with E-state index in [-0.39, 0.29) is 5.41 Å². The van der Waals surface area contributed by atoms with Crippen molar-refractivity contribution in [3.8, 4) is 0 Å². The van der Waals surface area contributed by atoms with E-state index in [9.17, 15) is 0 Å². The predicted octanol–water partition coefficient (Wildman–Crippen LogP) is 0.950. The van der Waals surface area contributed by atoms with E-state index >= 15 is 0 Å². The molecule has 2 aromatic rings. The molecule has 5 N–H and O–H groups in total. The molecule has 0 spiro atoms. The number of nitrogens with two attached hydrogens (primary N) is 2. The standard InChI is InChI=1S/C11H18N6/c1-10(2,11(3,4)13)9-16-6-7(12)14-5-15-8(6)17-9/h5H,13H2,1-4H3,(H3,12,14,15,16,17). The van der Waals surface area contributed by atoms with E-state index in [1.54, 1.807) is 0 Å². The number of rotatable bonds is 2. The van der Waals surface area contributed by atoms with Crippen LogP contribution >= 0.6 is 0 Å². The highest BCUT2D eigenvalue weighted by molar-refractivity contribution is 5.81. The van der Waals surface area contributed by atoms with E-state index in [4.69, 9.17) is 11.5 Å². The van der Waals surface area contributed by atoms with Crippen LogP contribution in [0, 0.1) is 0 Å². The average Bonchev–Trinajstić information content (AvgIpc) is 2.61. The second-order valence-electron chi connectivity index (χ2n) is 5.39. The van der Waals surface area contributed by atoms with Crippen molar-refractivity contribution in [2.24, 2.45) is 5.73 Å². The number of hydrogen-bond acceptors (Lipinski definition) is 5. The summed E-state index contributed by atoms with van der Waals surface area (Å²) in [6.45, 7) is 8.01. The Morgan fingerprint density at radius 2 is 1.82 bits per heavy atom. The molecule has 0 saturated heterocycles. The summed E-state index contributed by atoms with van der Waals surface area (Å²) in [7, 11) is 0. The molecule has 0 aliphatic heterocycles. The van der Waals surface area contributed by atoms with E-state index in [0.29, 0.717) is 17.0 Å². The van der Waals surface area contributed by atoms with E-state index in [2.05, 4.69) is 19.9 Å². The first-order valence-corrected chi connectivity index (χ1v) is 5.49. The zero-order valence-electron chi connectivity index (χ0n) is 10.6. The minimum absolute atomic E-state index is 0.319. The number of hydrogen-bond donors (Lipinski definition) is 3. The number of fused-ring (bicyclic) bond motifs is 1. The molecule has 0 fully saturated rings. The zero-order valence-corrected chi connectivity index (χ0v) is 10.6. The topological polar surface area (TPSA) is 106 Å². The van der Waals surface area contributed by atoms with Crippen LogP contribution in [0.25, 0.3) is 11.2 Å². The first-order valence-electron chi connectivity index (χ1n) is 5.49. The molecule has 6 heteroatoms. The van der Waals surface area contributed by atoms with Crippen molar-refractivity contribution < 1.29 is 0 Å². The lowest BCUT2D eigenvalue weighted by Gasteiger charge is -2.36. The molecule has 0 radical (unpaired) electrons. The molecule has 2 aromatic heterocycles. The zero-order chi connectivity index (χ0) is 12.8. The summed E-state index contributed by atoms with van der Waals surface area (Å²) in [5, 5.41) is 0. The van der Waals surface area contributed by atoms with E-state index in [1.807, 2.05) is 27.7 Å². The summed E-state index contributed by atoms with van der Waals surface area (Å²) in [6.07, 6.45) is 1.41. The molecule has 0 saturated carbocycles. The van der Waals surface area contributed by atoms with Gasteiger partial charge in [0.15, 0.2) is 11.5 Å². The van der Waals surface area contributed by atoms with Gasteiger partial charge in [-0.2, -0.15) is 0 Å². The van der Waals surface area contributed by atoms with Crippen LogP contribution < -0.4 is 11.5 Å². The van der Waals surface area contributed by atoms with Gasteiger partial charge in [0.05, 0.1) is 0 Å². The highest BCUT2D eigenvalue weighted by Gasteiger charge is 2.38. The van der Waals surface area contributed by atoms with Gasteiger partial charge < -0.3 is 16.5 Å². The van der Waals surface area contributed by atoms with Crippen LogP contribution in [-0.4, -0.2) is 25.5 Å². The summed E-state index contributed by atoms with van der Waals surface area (Å²) in [5.41, 5.74) is 12.5. The van der Waals surface area contributed by atoms with Crippen LogP contribution in [0.2, 0.25) is 0 Å². The molecule has 0 aliphatic rings. The number of imidazole rings is 1. The Hall–Kier alpha value is -1.69. The van der Waals surface area contributed by atoms with E-state index in [0.717, 1.165) is 5.82 Å². The van der Waals surface area contributed by atoms with Gasteiger partial charge in [0, 0.05) is 11.0 Å². The third kappa shape index (κ3) is 1.74. The Morgan fingerprint density at radius 1 is 1.18 bits per heavy atom. The number of H-pyrrole nitrogens is 1. The second kappa shape index (κ2) is 3.40. The number of nitrogens with one attached hydrogen (secondary N) is 1. The van der Waals surface area contributed by atoms with Crippen molar-refractivity contribution in [1.29, 1.82) is 0 Å². The Labute approximate surface area is 99.9 Å². The fourth-order valence-corrected chi connectivity index (χ4v) is 1.45. The van der Waals surface area contributed by atoms with Crippen molar-refractivity contribution in [2.45, 2.75) is 38.6 Å². The number of anilines is 1. The quantitative estimate of drug-likeness (QED) is 0.717. The molecular weight excluding hydrogens is 216 g/mol. The molecule has 2 rings (SSSR count). The van der Waals surface area contributed by atoms with E-state index in [1.165, 1.54) is 6.33 Å². The van der Waals surface area contributed by atoms with Gasteiger partial charge in [0.2, 0.25) is 0 Å². The maximum atomic E-state index is 6.18. The number of aromatic amines is 1.